The Bertz CT molecular complexity index is 808. The van der Waals surface area contributed by atoms with Crippen LogP contribution in [0, 0.1) is 10.1 Å². The van der Waals surface area contributed by atoms with E-state index in [1.165, 1.54) is 25.2 Å². The third kappa shape index (κ3) is 3.44. The summed E-state index contributed by atoms with van der Waals surface area (Å²) in [6.45, 7) is 0.0741. The number of non-ortho nitro benzene ring substituents is 1. The Morgan fingerprint density at radius 3 is 2.50 bits per heavy atom. The molecule has 0 N–H and O–H groups in total. The van der Waals surface area contributed by atoms with Crippen LogP contribution in [-0.2, 0) is 16.6 Å². The second kappa shape index (κ2) is 6.43. The van der Waals surface area contributed by atoms with Gasteiger partial charge in [-0.15, -0.1) is 0 Å². The number of benzene rings is 2. The lowest BCUT2D eigenvalue weighted by Gasteiger charge is -2.17. The maximum absolute atomic E-state index is 12.5. The van der Waals surface area contributed by atoms with Crippen molar-refractivity contribution in [1.82, 2.24) is 4.31 Å². The molecule has 2 aromatic rings. The van der Waals surface area contributed by atoms with Crippen LogP contribution in [0.2, 0.25) is 5.02 Å². The fourth-order valence-corrected chi connectivity index (χ4v) is 3.27. The highest BCUT2D eigenvalue weighted by Gasteiger charge is 2.23. The highest BCUT2D eigenvalue weighted by atomic mass is 35.5. The normalized spacial score (nSPS) is 11.6. The van der Waals surface area contributed by atoms with Gasteiger partial charge >= 0.3 is 0 Å². The fraction of sp³-hybridized carbons (Fsp3) is 0.143. The smallest absolute Gasteiger partial charge is 0.258 e. The summed E-state index contributed by atoms with van der Waals surface area (Å²) < 4.78 is 26.1. The number of hydrogen-bond donors (Lipinski definition) is 0. The summed E-state index contributed by atoms with van der Waals surface area (Å²) in [5.41, 5.74) is 0.382. The minimum atomic E-state index is -3.84. The van der Waals surface area contributed by atoms with Crippen LogP contribution < -0.4 is 0 Å². The second-order valence-corrected chi connectivity index (χ2v) is 7.06. The number of nitro groups is 1. The van der Waals surface area contributed by atoms with Crippen LogP contribution in [0.4, 0.5) is 5.69 Å². The van der Waals surface area contributed by atoms with Crippen LogP contribution in [0.5, 0.6) is 0 Å². The summed E-state index contributed by atoms with van der Waals surface area (Å²) >= 11 is 6.02. The molecule has 0 bridgehead atoms. The van der Waals surface area contributed by atoms with Gasteiger partial charge in [-0.2, -0.15) is 4.31 Å². The van der Waals surface area contributed by atoms with Gasteiger partial charge in [0.05, 0.1) is 9.82 Å². The molecule has 0 unspecified atom stereocenters. The summed E-state index contributed by atoms with van der Waals surface area (Å²) in [7, 11) is -2.44. The first-order chi connectivity index (χ1) is 10.3. The van der Waals surface area contributed by atoms with Gasteiger partial charge in [-0.3, -0.25) is 10.1 Å². The molecule has 0 heterocycles. The van der Waals surface area contributed by atoms with E-state index in [-0.39, 0.29) is 17.1 Å². The Labute approximate surface area is 133 Å². The molecule has 0 atom stereocenters. The summed E-state index contributed by atoms with van der Waals surface area (Å²) in [6, 6.07) is 11.9. The van der Waals surface area contributed by atoms with E-state index in [1.807, 2.05) is 0 Å². The third-order valence-electron chi connectivity index (χ3n) is 3.09. The van der Waals surface area contributed by atoms with Crippen molar-refractivity contribution in [3.63, 3.8) is 0 Å². The molecule has 116 valence electrons. The zero-order valence-corrected chi connectivity index (χ0v) is 13.2. The first-order valence-corrected chi connectivity index (χ1v) is 8.08. The molecule has 22 heavy (non-hydrogen) atoms. The fourth-order valence-electron chi connectivity index (χ4n) is 1.89. The number of halogens is 1. The highest BCUT2D eigenvalue weighted by molar-refractivity contribution is 7.89. The highest BCUT2D eigenvalue weighted by Crippen LogP contribution is 2.23. The lowest BCUT2D eigenvalue weighted by Crippen LogP contribution is -2.26. The Kier molecular flexibility index (Phi) is 4.80. The van der Waals surface area contributed by atoms with Crippen molar-refractivity contribution in [2.24, 2.45) is 0 Å². The molecule has 6 nitrogen and oxygen atoms in total. The number of hydrogen-bond acceptors (Lipinski definition) is 4. The van der Waals surface area contributed by atoms with Crippen molar-refractivity contribution in [2.45, 2.75) is 11.4 Å². The molecule has 2 aromatic carbocycles. The van der Waals surface area contributed by atoms with Crippen LogP contribution in [0.1, 0.15) is 5.56 Å². The van der Waals surface area contributed by atoms with E-state index in [4.69, 9.17) is 11.6 Å². The molecule has 0 aliphatic carbocycles. The first-order valence-electron chi connectivity index (χ1n) is 6.26. The monoisotopic (exact) mass is 340 g/mol. The Morgan fingerprint density at radius 2 is 1.86 bits per heavy atom. The molecular weight excluding hydrogens is 328 g/mol. The molecule has 0 radical (unpaired) electrons. The molecule has 8 heteroatoms. The molecule has 0 aliphatic heterocycles. The van der Waals surface area contributed by atoms with Crippen molar-refractivity contribution in [1.29, 1.82) is 0 Å². The topological polar surface area (TPSA) is 80.5 Å². The predicted octanol–water partition coefficient (Wildman–Crippen LogP) is 3.07. The Balaban J connectivity index is 2.32. The van der Waals surface area contributed by atoms with E-state index >= 15 is 0 Å². The minimum Gasteiger partial charge on any atom is -0.258 e. The number of sulfonamides is 1. The minimum absolute atomic E-state index is 0.0741. The maximum atomic E-state index is 12.5. The van der Waals surface area contributed by atoms with Gasteiger partial charge in [0.25, 0.3) is 5.69 Å². The number of rotatable bonds is 5. The van der Waals surface area contributed by atoms with Gasteiger partial charge in [0.1, 0.15) is 0 Å². The van der Waals surface area contributed by atoms with Gasteiger partial charge in [-0.05, 0) is 17.7 Å². The van der Waals surface area contributed by atoms with Crippen molar-refractivity contribution in [3.05, 3.63) is 69.2 Å². The third-order valence-corrected chi connectivity index (χ3v) is 5.26. The van der Waals surface area contributed by atoms with Crippen LogP contribution in [0.25, 0.3) is 0 Å². The van der Waals surface area contributed by atoms with E-state index in [1.54, 1.807) is 24.3 Å². The summed E-state index contributed by atoms with van der Waals surface area (Å²) in [5.74, 6) is 0. The largest absolute Gasteiger partial charge is 0.270 e. The average Bonchev–Trinajstić information content (AvgIpc) is 2.49. The second-order valence-electron chi connectivity index (χ2n) is 4.61. The van der Waals surface area contributed by atoms with E-state index in [0.29, 0.717) is 10.6 Å². The zero-order valence-electron chi connectivity index (χ0n) is 11.6. The van der Waals surface area contributed by atoms with Crippen molar-refractivity contribution in [2.75, 3.05) is 7.05 Å². The first kappa shape index (κ1) is 16.4. The van der Waals surface area contributed by atoms with Crippen LogP contribution in [0.15, 0.2) is 53.4 Å². The maximum Gasteiger partial charge on any atom is 0.270 e. The average molecular weight is 341 g/mol. The van der Waals surface area contributed by atoms with Gasteiger partial charge in [-0.1, -0.05) is 35.9 Å². The van der Waals surface area contributed by atoms with Crippen LogP contribution in [0.3, 0.4) is 0 Å². The number of nitrogens with zero attached hydrogens (tertiary/aromatic N) is 2. The molecule has 0 aliphatic rings. The summed E-state index contributed by atoms with van der Waals surface area (Å²) in [4.78, 5) is 10.0. The standard InChI is InChI=1S/C14H13ClN2O4S/c1-16(10-11-5-2-3-8-14(11)15)22(20,21)13-7-4-6-12(9-13)17(18)19/h2-9H,10H2,1H3. The Hall–Kier alpha value is -1.96. The van der Waals surface area contributed by atoms with Crippen LogP contribution >= 0.6 is 11.6 Å². The predicted molar refractivity (Wildman–Crippen MR) is 83.2 cm³/mol. The van der Waals surface area contributed by atoms with Gasteiger partial charge in [0.15, 0.2) is 0 Å². The molecule has 0 saturated carbocycles. The Morgan fingerprint density at radius 1 is 1.18 bits per heavy atom. The molecular formula is C14H13ClN2O4S. The number of nitro benzene ring substituents is 1. The van der Waals surface area contributed by atoms with Crippen LogP contribution in [-0.4, -0.2) is 24.7 Å². The molecule has 2 rings (SSSR count). The van der Waals surface area contributed by atoms with Crippen molar-refractivity contribution in [3.8, 4) is 0 Å². The van der Waals surface area contributed by atoms with Gasteiger partial charge in [0.2, 0.25) is 10.0 Å². The SMILES string of the molecule is CN(Cc1ccccc1Cl)S(=O)(=O)c1cccc([N+](=O)[O-])c1. The van der Waals surface area contributed by atoms with E-state index < -0.39 is 14.9 Å². The molecule has 0 amide bonds. The molecule has 0 saturated heterocycles. The summed E-state index contributed by atoms with van der Waals surface area (Å²) in [6.07, 6.45) is 0. The summed E-state index contributed by atoms with van der Waals surface area (Å²) in [5, 5.41) is 11.2. The zero-order chi connectivity index (χ0) is 16.3. The van der Waals surface area contributed by atoms with Crippen molar-refractivity contribution < 1.29 is 13.3 Å². The molecule has 0 aromatic heterocycles. The van der Waals surface area contributed by atoms with E-state index in [9.17, 15) is 18.5 Å². The van der Waals surface area contributed by atoms with Gasteiger partial charge in [0, 0.05) is 30.7 Å². The van der Waals surface area contributed by atoms with E-state index in [2.05, 4.69) is 0 Å². The van der Waals surface area contributed by atoms with Crippen molar-refractivity contribution >= 4 is 27.3 Å². The quantitative estimate of drug-likeness (QED) is 0.618. The lowest BCUT2D eigenvalue weighted by atomic mass is 10.2. The molecule has 0 spiro atoms. The molecule has 0 fully saturated rings. The van der Waals surface area contributed by atoms with Gasteiger partial charge in [-0.25, -0.2) is 8.42 Å². The lowest BCUT2D eigenvalue weighted by molar-refractivity contribution is -0.385. The van der Waals surface area contributed by atoms with Gasteiger partial charge < -0.3 is 0 Å². The van der Waals surface area contributed by atoms with E-state index in [0.717, 1.165) is 10.4 Å².